The third-order valence-corrected chi connectivity index (χ3v) is 5.38. The Morgan fingerprint density at radius 2 is 1.64 bits per heavy atom. The van der Waals surface area contributed by atoms with E-state index in [1.54, 1.807) is 6.21 Å². The molecular formula is C22H21BrN4O. The zero-order chi connectivity index (χ0) is 19.3. The molecule has 142 valence electrons. The minimum atomic E-state index is -0.217. The Balaban J connectivity index is 1.40. The first-order valence-corrected chi connectivity index (χ1v) is 10.1. The number of hydrazone groups is 1. The van der Waals surface area contributed by atoms with E-state index in [0.717, 1.165) is 28.9 Å². The molecule has 0 saturated carbocycles. The summed E-state index contributed by atoms with van der Waals surface area (Å²) in [5.74, 6) is -0.217. The van der Waals surface area contributed by atoms with Crippen LogP contribution in [0.3, 0.4) is 0 Å². The first-order valence-electron chi connectivity index (χ1n) is 9.32. The molecule has 2 aromatic carbocycles. The number of carbonyl (C=O) groups is 1. The second kappa shape index (κ2) is 8.44. The van der Waals surface area contributed by atoms with Gasteiger partial charge in [-0.2, -0.15) is 5.10 Å². The fourth-order valence-corrected chi connectivity index (χ4v) is 3.62. The van der Waals surface area contributed by atoms with Crippen LogP contribution in [0.4, 0.5) is 5.69 Å². The quantitative estimate of drug-likeness (QED) is 0.469. The molecule has 1 N–H and O–H groups in total. The Morgan fingerprint density at radius 3 is 2.36 bits per heavy atom. The lowest BCUT2D eigenvalue weighted by Gasteiger charge is -2.17. The normalized spacial score (nSPS) is 14.0. The zero-order valence-electron chi connectivity index (χ0n) is 15.4. The summed E-state index contributed by atoms with van der Waals surface area (Å²) in [6.45, 7) is 2.18. The third kappa shape index (κ3) is 4.17. The van der Waals surface area contributed by atoms with E-state index in [1.807, 2.05) is 71.4 Å². The summed E-state index contributed by atoms with van der Waals surface area (Å²) in [4.78, 5) is 14.7. The van der Waals surface area contributed by atoms with Gasteiger partial charge in [-0.25, -0.2) is 5.43 Å². The average molecular weight is 437 g/mol. The van der Waals surface area contributed by atoms with Gasteiger partial charge in [0.05, 0.1) is 11.9 Å². The van der Waals surface area contributed by atoms with Crippen molar-refractivity contribution in [1.82, 2.24) is 9.99 Å². The van der Waals surface area contributed by atoms with Crippen molar-refractivity contribution < 1.29 is 4.79 Å². The van der Waals surface area contributed by atoms with E-state index in [1.165, 1.54) is 18.5 Å². The van der Waals surface area contributed by atoms with Gasteiger partial charge in [-0.1, -0.05) is 15.9 Å². The molecule has 4 rings (SSSR count). The molecule has 6 heteroatoms. The zero-order valence-corrected chi connectivity index (χ0v) is 17.0. The van der Waals surface area contributed by atoms with Gasteiger partial charge in [-0.15, -0.1) is 0 Å². The Morgan fingerprint density at radius 1 is 0.964 bits per heavy atom. The number of nitrogens with zero attached hydrogens (tertiary/aromatic N) is 3. The second-order valence-electron chi connectivity index (χ2n) is 6.72. The van der Waals surface area contributed by atoms with Crippen LogP contribution in [-0.2, 0) is 0 Å². The van der Waals surface area contributed by atoms with E-state index in [9.17, 15) is 4.79 Å². The number of halogens is 1. The summed E-state index contributed by atoms with van der Waals surface area (Å²) in [6, 6.07) is 19.6. The van der Waals surface area contributed by atoms with Gasteiger partial charge in [0.1, 0.15) is 0 Å². The lowest BCUT2D eigenvalue weighted by atomic mass is 10.2. The predicted octanol–water partition coefficient (Wildman–Crippen LogP) is 4.60. The highest BCUT2D eigenvalue weighted by atomic mass is 79.9. The van der Waals surface area contributed by atoms with Gasteiger partial charge in [-0.05, 0) is 73.5 Å². The molecule has 0 radical (unpaired) electrons. The van der Waals surface area contributed by atoms with Crippen LogP contribution in [0.2, 0.25) is 0 Å². The standard InChI is InChI=1S/C22H21BrN4O/c23-18-7-11-20(12-8-18)27-15-3-4-21(27)16-24-25-22(28)17-5-9-19(10-6-17)26-13-1-2-14-26/h3-12,15-16H,1-2,13-14H2,(H,25,28)/b24-16-. The smallest absolute Gasteiger partial charge is 0.271 e. The number of benzene rings is 2. The van der Waals surface area contributed by atoms with Crippen molar-refractivity contribution in [2.45, 2.75) is 12.8 Å². The maximum absolute atomic E-state index is 12.3. The van der Waals surface area contributed by atoms with Gasteiger partial charge in [0.25, 0.3) is 5.91 Å². The van der Waals surface area contributed by atoms with Crippen LogP contribution in [0, 0.1) is 0 Å². The van der Waals surface area contributed by atoms with Crippen LogP contribution in [0.25, 0.3) is 5.69 Å². The van der Waals surface area contributed by atoms with Crippen LogP contribution in [0.15, 0.2) is 76.4 Å². The summed E-state index contributed by atoms with van der Waals surface area (Å²) in [6.07, 6.45) is 6.08. The molecule has 0 spiro atoms. The predicted molar refractivity (Wildman–Crippen MR) is 116 cm³/mol. The van der Waals surface area contributed by atoms with E-state index < -0.39 is 0 Å². The fraction of sp³-hybridized carbons (Fsp3) is 0.182. The summed E-state index contributed by atoms with van der Waals surface area (Å²) >= 11 is 3.45. The van der Waals surface area contributed by atoms with Gasteiger partial charge in [0.15, 0.2) is 0 Å². The lowest BCUT2D eigenvalue weighted by Crippen LogP contribution is -2.19. The molecular weight excluding hydrogens is 416 g/mol. The van der Waals surface area contributed by atoms with Gasteiger partial charge < -0.3 is 9.47 Å². The number of hydrogen-bond acceptors (Lipinski definition) is 3. The second-order valence-corrected chi connectivity index (χ2v) is 7.64. The SMILES string of the molecule is O=C(N/N=C\c1cccn1-c1ccc(Br)cc1)c1ccc(N2CCCC2)cc1. The molecule has 1 saturated heterocycles. The summed E-state index contributed by atoms with van der Waals surface area (Å²) in [5, 5.41) is 4.13. The molecule has 1 aliphatic heterocycles. The lowest BCUT2D eigenvalue weighted by molar-refractivity contribution is 0.0955. The molecule has 0 atom stereocenters. The molecule has 3 aromatic rings. The molecule has 0 bridgehead atoms. The maximum Gasteiger partial charge on any atom is 0.271 e. The third-order valence-electron chi connectivity index (χ3n) is 4.85. The van der Waals surface area contributed by atoms with Gasteiger partial charge in [-0.3, -0.25) is 4.79 Å². The Bertz CT molecular complexity index is 971. The monoisotopic (exact) mass is 436 g/mol. The van der Waals surface area contributed by atoms with E-state index in [0.29, 0.717) is 5.56 Å². The Hall–Kier alpha value is -2.86. The molecule has 0 aliphatic carbocycles. The molecule has 1 aliphatic rings. The molecule has 0 unspecified atom stereocenters. The first-order chi connectivity index (χ1) is 13.7. The van der Waals surface area contributed by atoms with Crippen molar-refractivity contribution in [2.24, 2.45) is 5.10 Å². The van der Waals surface area contributed by atoms with E-state index in [2.05, 4.69) is 31.4 Å². The van der Waals surface area contributed by atoms with E-state index >= 15 is 0 Å². The van der Waals surface area contributed by atoms with Crippen molar-refractivity contribution >= 4 is 33.7 Å². The summed E-state index contributed by atoms with van der Waals surface area (Å²) < 4.78 is 3.04. The van der Waals surface area contributed by atoms with Crippen LogP contribution < -0.4 is 10.3 Å². The highest BCUT2D eigenvalue weighted by molar-refractivity contribution is 9.10. The van der Waals surface area contributed by atoms with Crippen molar-refractivity contribution in [3.8, 4) is 5.69 Å². The number of rotatable bonds is 5. The number of amides is 1. The average Bonchev–Trinajstić information content (AvgIpc) is 3.41. The van der Waals surface area contributed by atoms with Crippen molar-refractivity contribution in [3.63, 3.8) is 0 Å². The van der Waals surface area contributed by atoms with E-state index in [4.69, 9.17) is 0 Å². The topological polar surface area (TPSA) is 49.6 Å². The number of hydrogen-bond donors (Lipinski definition) is 1. The van der Waals surface area contributed by atoms with Crippen molar-refractivity contribution in [3.05, 3.63) is 82.6 Å². The van der Waals surface area contributed by atoms with Crippen LogP contribution in [0.1, 0.15) is 28.9 Å². The number of nitrogens with one attached hydrogen (secondary N) is 1. The number of carbonyl (C=O) groups excluding carboxylic acids is 1. The Labute approximate surface area is 172 Å². The molecule has 1 aromatic heterocycles. The Kier molecular flexibility index (Phi) is 5.58. The van der Waals surface area contributed by atoms with Gasteiger partial charge in [0.2, 0.25) is 0 Å². The van der Waals surface area contributed by atoms with E-state index in [-0.39, 0.29) is 5.91 Å². The summed E-state index contributed by atoms with van der Waals surface area (Å²) in [5.41, 5.74) is 6.29. The molecule has 1 amide bonds. The maximum atomic E-state index is 12.3. The summed E-state index contributed by atoms with van der Waals surface area (Å²) in [7, 11) is 0. The molecule has 5 nitrogen and oxygen atoms in total. The number of aromatic nitrogens is 1. The largest absolute Gasteiger partial charge is 0.372 e. The minimum Gasteiger partial charge on any atom is -0.372 e. The van der Waals surface area contributed by atoms with Crippen molar-refractivity contribution in [1.29, 1.82) is 0 Å². The van der Waals surface area contributed by atoms with Crippen LogP contribution >= 0.6 is 15.9 Å². The highest BCUT2D eigenvalue weighted by Gasteiger charge is 2.13. The van der Waals surface area contributed by atoms with Crippen LogP contribution in [-0.4, -0.2) is 29.8 Å². The van der Waals surface area contributed by atoms with Gasteiger partial charge in [0, 0.05) is 40.7 Å². The number of anilines is 1. The van der Waals surface area contributed by atoms with Crippen molar-refractivity contribution in [2.75, 3.05) is 18.0 Å². The molecule has 2 heterocycles. The van der Waals surface area contributed by atoms with Crippen LogP contribution in [0.5, 0.6) is 0 Å². The molecule has 1 fully saturated rings. The molecule has 28 heavy (non-hydrogen) atoms. The first kappa shape index (κ1) is 18.5. The highest BCUT2D eigenvalue weighted by Crippen LogP contribution is 2.20. The van der Waals surface area contributed by atoms with Gasteiger partial charge >= 0.3 is 0 Å². The minimum absolute atomic E-state index is 0.217. The fourth-order valence-electron chi connectivity index (χ4n) is 3.36.